The summed E-state index contributed by atoms with van der Waals surface area (Å²) in [5.41, 5.74) is 1.19. The molecular formula is C23H25FN4O3. The van der Waals surface area contributed by atoms with E-state index in [-0.39, 0.29) is 17.7 Å². The Morgan fingerprint density at radius 3 is 2.68 bits per heavy atom. The molecule has 162 valence electrons. The standard InChI is InChI=1S/C23H25FN4O3/c24-19-4-2-1-3-18(19)21(13-29)27-22(31)14-5-6-15-12-25-23(28-20(15)11-14)26-16-7-9-17(30)10-8-16/h1-6,11-12,16-17,21,29-30H,7-10,13H2,(H,27,31)(H,25,26,28). The summed E-state index contributed by atoms with van der Waals surface area (Å²) < 4.78 is 14.0. The van der Waals surface area contributed by atoms with Crippen LogP contribution in [0, 0.1) is 5.82 Å². The van der Waals surface area contributed by atoms with Crippen molar-refractivity contribution in [3.8, 4) is 0 Å². The first-order chi connectivity index (χ1) is 15.0. The number of benzene rings is 2. The Kier molecular flexibility index (Phi) is 6.39. The Bertz CT molecular complexity index is 1070. The predicted molar refractivity (Wildman–Crippen MR) is 115 cm³/mol. The molecule has 4 N–H and O–H groups in total. The van der Waals surface area contributed by atoms with E-state index in [0.717, 1.165) is 31.1 Å². The molecule has 0 aliphatic heterocycles. The van der Waals surface area contributed by atoms with Crippen molar-refractivity contribution in [2.45, 2.75) is 43.9 Å². The van der Waals surface area contributed by atoms with Crippen LogP contribution in [0.2, 0.25) is 0 Å². The Morgan fingerprint density at radius 2 is 1.94 bits per heavy atom. The van der Waals surface area contributed by atoms with Gasteiger partial charge in [0.15, 0.2) is 0 Å². The van der Waals surface area contributed by atoms with Gasteiger partial charge >= 0.3 is 0 Å². The van der Waals surface area contributed by atoms with Gasteiger partial charge in [-0.15, -0.1) is 0 Å². The molecule has 2 aromatic carbocycles. The van der Waals surface area contributed by atoms with Crippen LogP contribution in [-0.2, 0) is 0 Å². The van der Waals surface area contributed by atoms with Gasteiger partial charge in [-0.25, -0.2) is 14.4 Å². The van der Waals surface area contributed by atoms with Crippen LogP contribution in [0.5, 0.6) is 0 Å². The molecule has 1 aromatic heterocycles. The van der Waals surface area contributed by atoms with Crippen molar-refractivity contribution in [1.82, 2.24) is 15.3 Å². The number of nitrogens with one attached hydrogen (secondary N) is 2. The fourth-order valence-corrected chi connectivity index (χ4v) is 3.86. The Balaban J connectivity index is 1.50. The zero-order chi connectivity index (χ0) is 21.8. The van der Waals surface area contributed by atoms with Gasteiger partial charge in [-0.05, 0) is 43.9 Å². The molecule has 1 aliphatic rings. The Hall–Kier alpha value is -3.10. The van der Waals surface area contributed by atoms with Gasteiger partial charge in [0, 0.05) is 28.8 Å². The van der Waals surface area contributed by atoms with E-state index in [9.17, 15) is 19.4 Å². The number of aromatic nitrogens is 2. The molecule has 3 aromatic rings. The number of hydrogen-bond acceptors (Lipinski definition) is 6. The number of amides is 1. The first-order valence-electron chi connectivity index (χ1n) is 10.4. The summed E-state index contributed by atoms with van der Waals surface area (Å²) in [6.07, 6.45) is 4.67. The second kappa shape index (κ2) is 9.36. The summed E-state index contributed by atoms with van der Waals surface area (Å²) in [5.74, 6) is -0.441. The highest BCUT2D eigenvalue weighted by Gasteiger charge is 2.21. The van der Waals surface area contributed by atoms with Gasteiger partial charge in [0.25, 0.3) is 5.91 Å². The third kappa shape index (κ3) is 4.98. The van der Waals surface area contributed by atoms with Gasteiger partial charge in [0.1, 0.15) is 5.82 Å². The smallest absolute Gasteiger partial charge is 0.251 e. The number of hydrogen-bond donors (Lipinski definition) is 4. The number of fused-ring (bicyclic) bond motifs is 1. The molecule has 8 heteroatoms. The number of carbonyl (C=O) groups excluding carboxylic acids is 1. The molecule has 1 aliphatic carbocycles. The zero-order valence-corrected chi connectivity index (χ0v) is 17.0. The van der Waals surface area contributed by atoms with Crippen LogP contribution in [-0.4, -0.2) is 44.8 Å². The Labute approximate surface area is 179 Å². The maximum absolute atomic E-state index is 14.0. The van der Waals surface area contributed by atoms with Gasteiger partial charge in [0.05, 0.1) is 24.3 Å². The molecular weight excluding hydrogens is 399 g/mol. The third-order valence-corrected chi connectivity index (χ3v) is 5.64. The van der Waals surface area contributed by atoms with Crippen LogP contribution in [0.4, 0.5) is 10.3 Å². The van der Waals surface area contributed by atoms with E-state index in [1.54, 1.807) is 36.5 Å². The highest BCUT2D eigenvalue weighted by Crippen LogP contribution is 2.22. The number of anilines is 1. The third-order valence-electron chi connectivity index (χ3n) is 5.64. The van der Waals surface area contributed by atoms with Crippen molar-refractivity contribution in [2.75, 3.05) is 11.9 Å². The maximum Gasteiger partial charge on any atom is 0.251 e. The topological polar surface area (TPSA) is 107 Å². The number of nitrogens with zero attached hydrogens (tertiary/aromatic N) is 2. The lowest BCUT2D eigenvalue weighted by Crippen LogP contribution is -2.31. The second-order valence-corrected chi connectivity index (χ2v) is 7.85. The normalized spacial score (nSPS) is 19.7. The molecule has 0 bridgehead atoms. The number of aliphatic hydroxyl groups excluding tert-OH is 2. The number of aliphatic hydroxyl groups is 2. The molecule has 7 nitrogen and oxygen atoms in total. The molecule has 0 radical (unpaired) electrons. The fraction of sp³-hybridized carbons (Fsp3) is 0.348. The predicted octanol–water partition coefficient (Wildman–Crippen LogP) is 2.95. The quantitative estimate of drug-likeness (QED) is 0.485. The first kappa shape index (κ1) is 21.1. The molecule has 0 saturated heterocycles. The van der Waals surface area contributed by atoms with Crippen LogP contribution in [0.1, 0.15) is 47.6 Å². The molecule has 1 atom stereocenters. The molecule has 1 fully saturated rings. The minimum atomic E-state index is -0.853. The average molecular weight is 424 g/mol. The zero-order valence-electron chi connectivity index (χ0n) is 17.0. The molecule has 1 amide bonds. The molecule has 1 saturated carbocycles. The molecule has 31 heavy (non-hydrogen) atoms. The fourth-order valence-electron chi connectivity index (χ4n) is 3.86. The maximum atomic E-state index is 14.0. The van der Waals surface area contributed by atoms with Crippen LogP contribution < -0.4 is 10.6 Å². The van der Waals surface area contributed by atoms with Gasteiger partial charge in [-0.3, -0.25) is 4.79 Å². The van der Waals surface area contributed by atoms with Gasteiger partial charge in [0.2, 0.25) is 5.95 Å². The van der Waals surface area contributed by atoms with Crippen molar-refractivity contribution in [3.05, 3.63) is 65.6 Å². The highest BCUT2D eigenvalue weighted by molar-refractivity contribution is 5.98. The molecule has 1 unspecified atom stereocenters. The highest BCUT2D eigenvalue weighted by atomic mass is 19.1. The lowest BCUT2D eigenvalue weighted by Gasteiger charge is -2.26. The average Bonchev–Trinajstić information content (AvgIpc) is 2.79. The summed E-state index contributed by atoms with van der Waals surface area (Å²) in [7, 11) is 0. The summed E-state index contributed by atoms with van der Waals surface area (Å²) >= 11 is 0. The SMILES string of the molecule is O=C(NC(CO)c1ccccc1F)c1ccc2cnc(NC3CCC(O)CC3)nc2c1. The van der Waals surface area contributed by atoms with Gasteiger partial charge in [-0.2, -0.15) is 0 Å². The van der Waals surface area contributed by atoms with Gasteiger partial charge in [-0.1, -0.05) is 24.3 Å². The second-order valence-electron chi connectivity index (χ2n) is 7.85. The minimum absolute atomic E-state index is 0.207. The summed E-state index contributed by atoms with van der Waals surface area (Å²) in [4.78, 5) is 21.6. The number of rotatable bonds is 6. The van der Waals surface area contributed by atoms with Crippen LogP contribution in [0.3, 0.4) is 0 Å². The Morgan fingerprint density at radius 1 is 1.16 bits per heavy atom. The monoisotopic (exact) mass is 424 g/mol. The molecule has 4 rings (SSSR count). The molecule has 1 heterocycles. The summed E-state index contributed by atoms with van der Waals surface area (Å²) in [6, 6.07) is 10.4. The summed E-state index contributed by atoms with van der Waals surface area (Å²) in [6.45, 7) is -0.424. The van der Waals surface area contributed by atoms with Crippen LogP contribution >= 0.6 is 0 Å². The van der Waals surface area contributed by atoms with E-state index in [4.69, 9.17) is 0 Å². The summed E-state index contributed by atoms with van der Waals surface area (Å²) in [5, 5.41) is 26.1. The van der Waals surface area contributed by atoms with E-state index >= 15 is 0 Å². The first-order valence-corrected chi connectivity index (χ1v) is 10.4. The minimum Gasteiger partial charge on any atom is -0.394 e. The van der Waals surface area contributed by atoms with Crippen molar-refractivity contribution >= 4 is 22.8 Å². The van der Waals surface area contributed by atoms with Crippen LogP contribution in [0.25, 0.3) is 10.9 Å². The van der Waals surface area contributed by atoms with E-state index in [1.807, 2.05) is 0 Å². The number of carbonyl (C=O) groups is 1. The largest absolute Gasteiger partial charge is 0.394 e. The lowest BCUT2D eigenvalue weighted by atomic mass is 9.93. The lowest BCUT2D eigenvalue weighted by molar-refractivity contribution is 0.0915. The molecule has 0 spiro atoms. The van der Waals surface area contributed by atoms with E-state index < -0.39 is 24.4 Å². The van der Waals surface area contributed by atoms with E-state index in [0.29, 0.717) is 17.0 Å². The van der Waals surface area contributed by atoms with E-state index in [1.165, 1.54) is 12.1 Å². The van der Waals surface area contributed by atoms with Crippen LogP contribution in [0.15, 0.2) is 48.7 Å². The van der Waals surface area contributed by atoms with Crippen molar-refractivity contribution in [1.29, 1.82) is 0 Å². The number of halogens is 1. The van der Waals surface area contributed by atoms with E-state index in [2.05, 4.69) is 20.6 Å². The van der Waals surface area contributed by atoms with Crippen molar-refractivity contribution in [2.24, 2.45) is 0 Å². The van der Waals surface area contributed by atoms with Gasteiger partial charge < -0.3 is 20.8 Å². The van der Waals surface area contributed by atoms with Crippen molar-refractivity contribution in [3.63, 3.8) is 0 Å². The van der Waals surface area contributed by atoms with Crippen molar-refractivity contribution < 1.29 is 19.4 Å².